The van der Waals surface area contributed by atoms with Crippen molar-refractivity contribution >= 4 is 16.7 Å². The Bertz CT molecular complexity index is 773. The number of anilines is 1. The number of nitrogens with zero attached hydrogens (tertiary/aromatic N) is 5. The van der Waals surface area contributed by atoms with E-state index >= 15 is 0 Å². The van der Waals surface area contributed by atoms with Gasteiger partial charge in [0.2, 0.25) is 0 Å². The first kappa shape index (κ1) is 13.2. The highest BCUT2D eigenvalue weighted by Crippen LogP contribution is 2.29. The number of hydrogen-bond donors (Lipinski definition) is 0. The standard InChI is InChI=1S/C17H19N5/c1-13-2-3-16-15(10-13)17(20-11-19-16)21-7-4-14(5-8-21)22-9-6-18-12-22/h2-3,6,9-12,14H,4-5,7-8H2,1H3. The molecule has 112 valence electrons. The van der Waals surface area contributed by atoms with Crippen LogP contribution in [-0.2, 0) is 0 Å². The Balaban J connectivity index is 1.60. The molecular weight excluding hydrogens is 274 g/mol. The fraction of sp³-hybridized carbons (Fsp3) is 0.353. The first-order valence-corrected chi connectivity index (χ1v) is 7.75. The number of piperidine rings is 1. The lowest BCUT2D eigenvalue weighted by Gasteiger charge is -2.33. The Morgan fingerprint density at radius 3 is 2.77 bits per heavy atom. The van der Waals surface area contributed by atoms with Crippen LogP contribution in [0.25, 0.3) is 10.9 Å². The SMILES string of the molecule is Cc1ccc2ncnc(N3CCC(n4ccnc4)CC3)c2c1. The number of fused-ring (bicyclic) bond motifs is 1. The van der Waals surface area contributed by atoms with Crippen molar-refractivity contribution in [3.8, 4) is 0 Å². The number of imidazole rings is 1. The van der Waals surface area contributed by atoms with Gasteiger partial charge in [-0.3, -0.25) is 0 Å². The second-order valence-corrected chi connectivity index (χ2v) is 5.95. The lowest BCUT2D eigenvalue weighted by atomic mass is 10.0. The van der Waals surface area contributed by atoms with Crippen molar-refractivity contribution in [2.45, 2.75) is 25.8 Å². The Morgan fingerprint density at radius 2 is 2.00 bits per heavy atom. The van der Waals surface area contributed by atoms with E-state index in [1.807, 2.05) is 12.5 Å². The maximum Gasteiger partial charge on any atom is 0.139 e. The predicted molar refractivity (Wildman–Crippen MR) is 87.0 cm³/mol. The third-order valence-corrected chi connectivity index (χ3v) is 4.48. The summed E-state index contributed by atoms with van der Waals surface area (Å²) in [6.07, 6.45) is 9.75. The number of rotatable bonds is 2. The van der Waals surface area contributed by atoms with Crippen LogP contribution in [0.4, 0.5) is 5.82 Å². The molecule has 0 aliphatic carbocycles. The Labute approximate surface area is 129 Å². The van der Waals surface area contributed by atoms with E-state index in [9.17, 15) is 0 Å². The molecule has 5 nitrogen and oxygen atoms in total. The van der Waals surface area contributed by atoms with Crippen LogP contribution in [0.15, 0.2) is 43.2 Å². The highest BCUT2D eigenvalue weighted by molar-refractivity contribution is 5.89. The molecule has 0 amide bonds. The molecule has 0 unspecified atom stereocenters. The van der Waals surface area contributed by atoms with Crippen LogP contribution < -0.4 is 4.90 Å². The van der Waals surface area contributed by atoms with E-state index in [0.717, 1.165) is 42.7 Å². The van der Waals surface area contributed by atoms with E-state index in [2.05, 4.69) is 55.7 Å². The number of aryl methyl sites for hydroxylation is 1. The third-order valence-electron chi connectivity index (χ3n) is 4.48. The normalized spacial score (nSPS) is 16.3. The fourth-order valence-electron chi connectivity index (χ4n) is 3.27. The van der Waals surface area contributed by atoms with Crippen LogP contribution >= 0.6 is 0 Å². The second-order valence-electron chi connectivity index (χ2n) is 5.95. The molecule has 3 aromatic rings. The Hall–Kier alpha value is -2.43. The average Bonchev–Trinajstić information content (AvgIpc) is 3.09. The zero-order valence-electron chi connectivity index (χ0n) is 12.7. The molecule has 0 spiro atoms. The van der Waals surface area contributed by atoms with Crippen molar-refractivity contribution in [1.82, 2.24) is 19.5 Å². The second kappa shape index (κ2) is 5.40. The van der Waals surface area contributed by atoms with E-state index in [1.165, 1.54) is 5.56 Å². The molecule has 3 heterocycles. The van der Waals surface area contributed by atoms with Gasteiger partial charge in [0.1, 0.15) is 12.1 Å². The molecule has 0 radical (unpaired) electrons. The van der Waals surface area contributed by atoms with E-state index in [1.54, 1.807) is 6.33 Å². The molecule has 0 bridgehead atoms. The lowest BCUT2D eigenvalue weighted by Crippen LogP contribution is -2.35. The van der Waals surface area contributed by atoms with E-state index in [0.29, 0.717) is 6.04 Å². The molecule has 1 fully saturated rings. The molecule has 2 aromatic heterocycles. The summed E-state index contributed by atoms with van der Waals surface area (Å²) in [5, 5.41) is 1.16. The summed E-state index contributed by atoms with van der Waals surface area (Å²) in [5.74, 6) is 1.07. The molecule has 5 heteroatoms. The average molecular weight is 293 g/mol. The fourth-order valence-corrected chi connectivity index (χ4v) is 3.27. The molecule has 4 rings (SSSR count). The van der Waals surface area contributed by atoms with Gasteiger partial charge in [0.25, 0.3) is 0 Å². The molecular formula is C17H19N5. The highest BCUT2D eigenvalue weighted by Gasteiger charge is 2.22. The van der Waals surface area contributed by atoms with Crippen LogP contribution in [0.5, 0.6) is 0 Å². The minimum Gasteiger partial charge on any atom is -0.356 e. The van der Waals surface area contributed by atoms with Gasteiger partial charge in [-0.1, -0.05) is 11.6 Å². The summed E-state index contributed by atoms with van der Waals surface area (Å²) in [5.41, 5.74) is 2.27. The largest absolute Gasteiger partial charge is 0.356 e. The summed E-state index contributed by atoms with van der Waals surface area (Å²) in [6.45, 7) is 4.15. The molecule has 0 atom stereocenters. The van der Waals surface area contributed by atoms with Gasteiger partial charge in [-0.05, 0) is 31.9 Å². The summed E-state index contributed by atoms with van der Waals surface area (Å²) in [4.78, 5) is 15.5. The van der Waals surface area contributed by atoms with Gasteiger partial charge in [-0.25, -0.2) is 15.0 Å². The monoisotopic (exact) mass is 293 g/mol. The van der Waals surface area contributed by atoms with Gasteiger partial charge < -0.3 is 9.47 Å². The summed E-state index contributed by atoms with van der Waals surface area (Å²) < 4.78 is 2.22. The van der Waals surface area contributed by atoms with Crippen LogP contribution in [0.1, 0.15) is 24.4 Å². The van der Waals surface area contributed by atoms with Crippen molar-refractivity contribution in [2.75, 3.05) is 18.0 Å². The van der Waals surface area contributed by atoms with Crippen LogP contribution in [0.2, 0.25) is 0 Å². The maximum atomic E-state index is 4.56. The summed E-state index contributed by atoms with van der Waals surface area (Å²) in [7, 11) is 0. The zero-order valence-corrected chi connectivity index (χ0v) is 12.7. The van der Waals surface area contributed by atoms with Crippen LogP contribution in [0.3, 0.4) is 0 Å². The molecule has 0 N–H and O–H groups in total. The van der Waals surface area contributed by atoms with Crippen LogP contribution in [-0.4, -0.2) is 32.6 Å². The topological polar surface area (TPSA) is 46.8 Å². The van der Waals surface area contributed by atoms with Crippen LogP contribution in [0, 0.1) is 6.92 Å². The van der Waals surface area contributed by atoms with Crippen molar-refractivity contribution < 1.29 is 0 Å². The quantitative estimate of drug-likeness (QED) is 0.729. The number of hydrogen-bond acceptors (Lipinski definition) is 4. The van der Waals surface area contributed by atoms with E-state index in [-0.39, 0.29) is 0 Å². The lowest BCUT2D eigenvalue weighted by molar-refractivity contribution is 0.395. The third kappa shape index (κ3) is 2.32. The Kier molecular flexibility index (Phi) is 3.25. The minimum absolute atomic E-state index is 0.550. The minimum atomic E-state index is 0.550. The van der Waals surface area contributed by atoms with Gasteiger partial charge in [0, 0.05) is 36.9 Å². The molecule has 1 aliphatic rings. The van der Waals surface area contributed by atoms with Gasteiger partial charge in [0.05, 0.1) is 11.8 Å². The summed E-state index contributed by atoms with van der Waals surface area (Å²) in [6, 6.07) is 6.92. The smallest absolute Gasteiger partial charge is 0.139 e. The first-order chi connectivity index (χ1) is 10.8. The molecule has 1 aromatic carbocycles. The van der Waals surface area contributed by atoms with Crippen molar-refractivity contribution in [3.63, 3.8) is 0 Å². The highest BCUT2D eigenvalue weighted by atomic mass is 15.2. The van der Waals surface area contributed by atoms with E-state index in [4.69, 9.17) is 0 Å². The molecule has 0 saturated carbocycles. The van der Waals surface area contributed by atoms with Crippen molar-refractivity contribution in [3.05, 3.63) is 48.8 Å². The molecule has 1 aliphatic heterocycles. The first-order valence-electron chi connectivity index (χ1n) is 7.75. The van der Waals surface area contributed by atoms with Gasteiger partial charge in [-0.2, -0.15) is 0 Å². The van der Waals surface area contributed by atoms with Crippen molar-refractivity contribution in [2.24, 2.45) is 0 Å². The zero-order chi connectivity index (χ0) is 14.9. The molecule has 22 heavy (non-hydrogen) atoms. The van der Waals surface area contributed by atoms with Crippen molar-refractivity contribution in [1.29, 1.82) is 0 Å². The van der Waals surface area contributed by atoms with Gasteiger partial charge in [0.15, 0.2) is 0 Å². The number of aromatic nitrogens is 4. The molecule has 1 saturated heterocycles. The van der Waals surface area contributed by atoms with Gasteiger partial charge in [-0.15, -0.1) is 0 Å². The van der Waals surface area contributed by atoms with Gasteiger partial charge >= 0.3 is 0 Å². The number of benzene rings is 1. The van der Waals surface area contributed by atoms with E-state index < -0.39 is 0 Å². The maximum absolute atomic E-state index is 4.56. The Morgan fingerprint density at radius 1 is 1.14 bits per heavy atom. The predicted octanol–water partition coefficient (Wildman–Crippen LogP) is 2.98. The summed E-state index contributed by atoms with van der Waals surface area (Å²) >= 11 is 0.